The molecule has 0 heterocycles. The van der Waals surface area contributed by atoms with Crippen molar-refractivity contribution in [2.24, 2.45) is 5.92 Å². The lowest BCUT2D eigenvalue weighted by Gasteiger charge is -2.22. The monoisotopic (exact) mass is 263 g/mol. The molecule has 0 saturated heterocycles. The van der Waals surface area contributed by atoms with Crippen LogP contribution >= 0.6 is 0 Å². The predicted octanol–water partition coefficient (Wildman–Crippen LogP) is 2.12. The van der Waals surface area contributed by atoms with Gasteiger partial charge in [-0.3, -0.25) is 19.7 Å². The molecule has 6 nitrogen and oxygen atoms in total. The number of carbonyl (C=O) groups excluding carboxylic acids is 2. The van der Waals surface area contributed by atoms with Gasteiger partial charge in [-0.2, -0.15) is 0 Å². The summed E-state index contributed by atoms with van der Waals surface area (Å²) >= 11 is 0. The van der Waals surface area contributed by atoms with Crippen LogP contribution in [0.5, 0.6) is 0 Å². The summed E-state index contributed by atoms with van der Waals surface area (Å²) in [6, 6.07) is 5.38. The van der Waals surface area contributed by atoms with Crippen molar-refractivity contribution in [2.75, 3.05) is 6.61 Å². The molecule has 1 aliphatic rings. The number of carbonyl (C=O) groups is 2. The number of hydrogen-bond acceptors (Lipinski definition) is 5. The van der Waals surface area contributed by atoms with E-state index in [2.05, 4.69) is 0 Å². The number of Topliss-reactive ketones (excluding diaryl/α,β-unsaturated/α-hetero) is 1. The highest BCUT2D eigenvalue weighted by molar-refractivity contribution is 5.98. The number of benzene rings is 1. The highest BCUT2D eigenvalue weighted by Crippen LogP contribution is 2.27. The van der Waals surface area contributed by atoms with E-state index in [-0.39, 0.29) is 29.7 Å². The molecule has 1 fully saturated rings. The Bertz CT molecular complexity index is 522. The molecule has 1 saturated carbocycles. The van der Waals surface area contributed by atoms with Crippen LogP contribution in [0, 0.1) is 16.0 Å². The van der Waals surface area contributed by atoms with Gasteiger partial charge in [0.25, 0.3) is 5.69 Å². The minimum absolute atomic E-state index is 0.0853. The van der Waals surface area contributed by atoms with Crippen molar-refractivity contribution in [2.45, 2.75) is 19.3 Å². The average molecular weight is 263 g/mol. The van der Waals surface area contributed by atoms with Gasteiger partial charge in [-0.1, -0.05) is 18.6 Å². The Morgan fingerprint density at radius 1 is 1.37 bits per heavy atom. The Morgan fingerprint density at radius 2 is 2.11 bits per heavy atom. The van der Waals surface area contributed by atoms with Gasteiger partial charge in [0.1, 0.15) is 0 Å². The van der Waals surface area contributed by atoms with E-state index in [0.717, 1.165) is 19.3 Å². The zero-order valence-corrected chi connectivity index (χ0v) is 10.2. The first-order valence-corrected chi connectivity index (χ1v) is 6.02. The van der Waals surface area contributed by atoms with Gasteiger partial charge in [0.05, 0.1) is 10.8 Å². The summed E-state index contributed by atoms with van der Waals surface area (Å²) in [5.74, 6) is -0.876. The van der Waals surface area contributed by atoms with E-state index in [9.17, 15) is 19.7 Å². The van der Waals surface area contributed by atoms with Gasteiger partial charge in [-0.25, -0.2) is 0 Å². The summed E-state index contributed by atoms with van der Waals surface area (Å²) in [5, 5.41) is 10.6. The number of nitrogens with zero attached hydrogens (tertiary/aromatic N) is 1. The molecule has 1 aromatic carbocycles. The summed E-state index contributed by atoms with van der Waals surface area (Å²) in [5.41, 5.74) is 0.0202. The Labute approximate surface area is 109 Å². The van der Waals surface area contributed by atoms with Crippen molar-refractivity contribution < 1.29 is 19.2 Å². The minimum Gasteiger partial charge on any atom is -0.457 e. The summed E-state index contributed by atoms with van der Waals surface area (Å²) in [7, 11) is 0. The second kappa shape index (κ2) is 5.60. The Kier molecular flexibility index (Phi) is 3.89. The average Bonchev–Trinajstić information content (AvgIpc) is 2.34. The molecule has 0 radical (unpaired) electrons. The summed E-state index contributed by atoms with van der Waals surface area (Å²) in [6.07, 6.45) is 2.63. The predicted molar refractivity (Wildman–Crippen MR) is 65.7 cm³/mol. The zero-order valence-electron chi connectivity index (χ0n) is 10.2. The molecule has 19 heavy (non-hydrogen) atoms. The van der Waals surface area contributed by atoms with Crippen molar-refractivity contribution in [3.63, 3.8) is 0 Å². The number of ketones is 1. The van der Waals surface area contributed by atoms with Gasteiger partial charge in [0.2, 0.25) is 5.78 Å². The fourth-order valence-corrected chi connectivity index (χ4v) is 1.77. The van der Waals surface area contributed by atoms with Crippen LogP contribution in [0.1, 0.15) is 29.6 Å². The van der Waals surface area contributed by atoms with Crippen molar-refractivity contribution in [3.8, 4) is 0 Å². The minimum atomic E-state index is -0.572. The lowest BCUT2D eigenvalue weighted by Crippen LogP contribution is -2.26. The van der Waals surface area contributed by atoms with E-state index in [1.165, 1.54) is 24.3 Å². The van der Waals surface area contributed by atoms with Crippen LogP contribution in [0.2, 0.25) is 0 Å². The molecular formula is C13H13NO5. The third kappa shape index (κ3) is 3.15. The van der Waals surface area contributed by atoms with Gasteiger partial charge < -0.3 is 4.74 Å². The van der Waals surface area contributed by atoms with E-state index in [1.807, 2.05) is 0 Å². The summed E-state index contributed by atoms with van der Waals surface area (Å²) in [4.78, 5) is 33.2. The van der Waals surface area contributed by atoms with Crippen LogP contribution in [-0.2, 0) is 9.53 Å². The number of ether oxygens (including phenoxy) is 1. The number of rotatable bonds is 5. The number of nitro groups is 1. The van der Waals surface area contributed by atoms with E-state index < -0.39 is 10.7 Å². The molecule has 0 N–H and O–H groups in total. The van der Waals surface area contributed by atoms with Gasteiger partial charge in [-0.05, 0) is 12.8 Å². The Morgan fingerprint density at radius 3 is 2.68 bits per heavy atom. The molecule has 0 unspecified atom stereocenters. The number of hydrogen-bond donors (Lipinski definition) is 0. The van der Waals surface area contributed by atoms with Gasteiger partial charge >= 0.3 is 5.97 Å². The van der Waals surface area contributed by atoms with E-state index >= 15 is 0 Å². The molecule has 1 aliphatic carbocycles. The largest absolute Gasteiger partial charge is 0.457 e. The fourth-order valence-electron chi connectivity index (χ4n) is 1.77. The van der Waals surface area contributed by atoms with Crippen LogP contribution in [0.4, 0.5) is 5.69 Å². The van der Waals surface area contributed by atoms with Gasteiger partial charge in [-0.15, -0.1) is 0 Å². The van der Waals surface area contributed by atoms with Crippen molar-refractivity contribution in [1.29, 1.82) is 0 Å². The Balaban J connectivity index is 1.93. The molecule has 0 spiro atoms. The molecule has 1 aromatic rings. The maximum Gasteiger partial charge on any atom is 0.309 e. The van der Waals surface area contributed by atoms with E-state index in [0.29, 0.717) is 0 Å². The normalized spacial score (nSPS) is 14.5. The zero-order chi connectivity index (χ0) is 13.8. The highest BCUT2D eigenvalue weighted by atomic mass is 16.6. The van der Waals surface area contributed by atoms with E-state index in [4.69, 9.17) is 4.74 Å². The summed E-state index contributed by atoms with van der Waals surface area (Å²) < 4.78 is 4.90. The van der Waals surface area contributed by atoms with Crippen molar-refractivity contribution in [1.82, 2.24) is 0 Å². The standard InChI is InChI=1S/C13H13NO5/c15-12(8-19-13(16)9-3-1-4-9)10-5-2-6-11(7-10)14(17)18/h2,5-7,9H,1,3-4,8H2. The lowest BCUT2D eigenvalue weighted by atomic mass is 9.86. The summed E-state index contributed by atoms with van der Waals surface area (Å²) in [6.45, 7) is -0.365. The first-order chi connectivity index (χ1) is 9.08. The van der Waals surface area contributed by atoms with Crippen molar-refractivity contribution >= 4 is 17.4 Å². The molecule has 0 aliphatic heterocycles. The van der Waals surface area contributed by atoms with Crippen LogP contribution in [-0.4, -0.2) is 23.3 Å². The van der Waals surface area contributed by atoms with Crippen LogP contribution in [0.15, 0.2) is 24.3 Å². The number of nitro benzene ring substituents is 1. The third-order valence-corrected chi connectivity index (χ3v) is 3.16. The molecule has 0 aromatic heterocycles. The van der Waals surface area contributed by atoms with Crippen LogP contribution in [0.25, 0.3) is 0 Å². The fraction of sp³-hybridized carbons (Fsp3) is 0.385. The molecule has 2 rings (SSSR count). The highest BCUT2D eigenvalue weighted by Gasteiger charge is 2.27. The van der Waals surface area contributed by atoms with Gasteiger partial charge in [0, 0.05) is 17.7 Å². The first-order valence-electron chi connectivity index (χ1n) is 6.02. The molecule has 100 valence electrons. The second-order valence-electron chi connectivity index (χ2n) is 4.47. The first kappa shape index (κ1) is 13.2. The van der Waals surface area contributed by atoms with Crippen LogP contribution in [0.3, 0.4) is 0 Å². The molecule has 6 heteroatoms. The van der Waals surface area contributed by atoms with Crippen molar-refractivity contribution in [3.05, 3.63) is 39.9 Å². The molecule has 0 bridgehead atoms. The molecular weight excluding hydrogens is 250 g/mol. The second-order valence-corrected chi connectivity index (χ2v) is 4.47. The van der Waals surface area contributed by atoms with Crippen LogP contribution < -0.4 is 0 Å². The number of non-ortho nitro benzene ring substituents is 1. The Hall–Kier alpha value is -2.24. The maximum atomic E-state index is 11.8. The van der Waals surface area contributed by atoms with E-state index in [1.54, 1.807) is 0 Å². The smallest absolute Gasteiger partial charge is 0.309 e. The van der Waals surface area contributed by atoms with Gasteiger partial charge in [0.15, 0.2) is 6.61 Å². The number of esters is 1. The lowest BCUT2D eigenvalue weighted by molar-refractivity contribution is -0.384. The topological polar surface area (TPSA) is 86.5 Å². The molecule has 0 atom stereocenters. The quantitative estimate of drug-likeness (QED) is 0.351. The SMILES string of the molecule is O=C(COC(=O)C1CCC1)c1cccc([N+](=O)[O-])c1. The third-order valence-electron chi connectivity index (χ3n) is 3.16. The maximum absolute atomic E-state index is 11.8. The molecule has 0 amide bonds.